The van der Waals surface area contributed by atoms with Crippen LogP contribution in [0.15, 0.2) is 65.3 Å². The molecule has 3 unspecified atom stereocenters. The Morgan fingerprint density at radius 3 is 2.44 bits per heavy atom. The Morgan fingerprint density at radius 2 is 1.73 bits per heavy atom. The molecule has 4 amide bonds. The fourth-order valence-corrected chi connectivity index (χ4v) is 12.1. The minimum atomic E-state index is -0.895. The minimum Gasteiger partial charge on any atom is -0.453 e. The molecule has 1 spiro atoms. The van der Waals surface area contributed by atoms with E-state index in [-0.39, 0.29) is 71.8 Å². The zero-order chi connectivity index (χ0) is 46.2. The van der Waals surface area contributed by atoms with Gasteiger partial charge < -0.3 is 40.0 Å². The molecule has 3 aliphatic heterocycles. The van der Waals surface area contributed by atoms with Crippen LogP contribution in [0.25, 0.3) is 34.5 Å². The SMILES string of the molecule is COC(=O)N[C@@H](CCO)C(=O)N1[C@H](c2ncc(-c3ccc(-c4ccc5c(c4)=CC=C(C46CC4N=C([C@@H]4CC7(CC7)CN4C(=O)[C@H](C(C)C)N(C)C(=O)OC)N6)CC=5)cc3)[nH]2)[C@H]2CC(C)[C@@H]1C2. The quantitative estimate of drug-likeness (QED) is 0.201. The van der Waals surface area contributed by atoms with Crippen LogP contribution in [-0.4, -0.2) is 130 Å². The van der Waals surface area contributed by atoms with Crippen LogP contribution in [0.1, 0.15) is 84.0 Å². The standard InChI is InChI=1S/C51H62N8O7/c1-28(2)42(57(4)49(64)66-6)47(62)58-27-50(18-19-50)24-40(58)44-55-41-25-51(41,56-44)36-15-13-31-9-12-33(22-34(31)14-16-36)30-7-10-32(11-8-30)38-26-52-45(53-38)43-35-21-29(3)39(23-35)59(43)46(61)37(17-20-60)54-48(63)65-5/h7-14,16,22,26,28-29,35,37,39-43,60H,15,17-21,23-25,27H2,1-6H3,(H,52,53)(H,54,63)(H,55,56)/t29?,35-,37-,39-,40-,41?,42-,43-,51?/m0/s1. The number of aromatic nitrogens is 2. The zero-order valence-electron chi connectivity index (χ0n) is 38.8. The molecule has 15 nitrogen and oxygen atoms in total. The van der Waals surface area contributed by atoms with Crippen molar-refractivity contribution < 1.29 is 33.8 Å². The number of aliphatic hydroxyl groups is 1. The Kier molecular flexibility index (Phi) is 11.1. The minimum absolute atomic E-state index is 0.0273. The first-order chi connectivity index (χ1) is 31.8. The van der Waals surface area contributed by atoms with Crippen molar-refractivity contribution in [1.82, 2.24) is 35.3 Å². The Balaban J connectivity index is 0.836. The second-order valence-corrected chi connectivity index (χ2v) is 20.3. The predicted molar refractivity (Wildman–Crippen MR) is 249 cm³/mol. The number of H-pyrrole nitrogens is 1. The number of fused-ring (bicyclic) bond motifs is 4. The van der Waals surface area contributed by atoms with Crippen molar-refractivity contribution in [1.29, 1.82) is 0 Å². The number of carbonyl (C=O) groups excluding carboxylic acids is 4. The molecule has 4 heterocycles. The van der Waals surface area contributed by atoms with Gasteiger partial charge in [0.15, 0.2) is 0 Å². The number of nitrogens with one attached hydrogen (secondary N) is 3. The molecular weight excluding hydrogens is 837 g/mol. The fraction of sp³-hybridized carbons (Fsp3) is 0.529. The predicted octanol–water partition coefficient (Wildman–Crippen LogP) is 4.66. The van der Waals surface area contributed by atoms with Gasteiger partial charge in [0.25, 0.3) is 0 Å². The van der Waals surface area contributed by atoms with Crippen molar-refractivity contribution >= 4 is 42.0 Å². The van der Waals surface area contributed by atoms with E-state index < -0.39 is 24.3 Å². The van der Waals surface area contributed by atoms with Crippen molar-refractivity contribution in [3.8, 4) is 22.4 Å². The summed E-state index contributed by atoms with van der Waals surface area (Å²) in [5.41, 5.74) is 5.22. The van der Waals surface area contributed by atoms with E-state index in [4.69, 9.17) is 19.5 Å². The number of benzene rings is 2. The molecule has 2 saturated heterocycles. The highest BCUT2D eigenvalue weighted by Gasteiger charge is 2.64. The number of allylic oxidation sites excluding steroid dienone is 1. The molecule has 1 aromatic heterocycles. The van der Waals surface area contributed by atoms with Crippen molar-refractivity contribution in [2.24, 2.45) is 28.2 Å². The normalized spacial score (nSPS) is 28.2. The van der Waals surface area contributed by atoms with Gasteiger partial charge in [-0.15, -0.1) is 0 Å². The van der Waals surface area contributed by atoms with Crippen LogP contribution in [0.5, 0.6) is 0 Å². The number of likely N-dealkylation sites (N-methyl/N-ethyl adjacent to an activating group) is 1. The van der Waals surface area contributed by atoms with Crippen LogP contribution >= 0.6 is 0 Å². The van der Waals surface area contributed by atoms with Gasteiger partial charge in [0, 0.05) is 32.7 Å². The summed E-state index contributed by atoms with van der Waals surface area (Å²) in [6, 6.07) is 13.3. The van der Waals surface area contributed by atoms with E-state index in [9.17, 15) is 24.3 Å². The maximum Gasteiger partial charge on any atom is 0.409 e. The fourth-order valence-electron chi connectivity index (χ4n) is 12.1. The summed E-state index contributed by atoms with van der Waals surface area (Å²) >= 11 is 0. The Labute approximate surface area is 385 Å². The maximum absolute atomic E-state index is 14.3. The molecule has 3 saturated carbocycles. The van der Waals surface area contributed by atoms with E-state index in [1.807, 2.05) is 29.8 Å². The van der Waals surface area contributed by atoms with E-state index in [1.54, 1.807) is 7.05 Å². The van der Waals surface area contributed by atoms with Crippen molar-refractivity contribution in [2.45, 2.75) is 114 Å². The van der Waals surface area contributed by atoms with Gasteiger partial charge in [-0.25, -0.2) is 14.6 Å². The number of aliphatic hydroxyl groups excluding tert-OH is 1. The highest BCUT2D eigenvalue weighted by molar-refractivity contribution is 5.97. The van der Waals surface area contributed by atoms with E-state index in [0.29, 0.717) is 12.5 Å². The molecule has 4 N–H and O–H groups in total. The third kappa shape index (κ3) is 7.56. The number of aromatic amines is 1. The number of hydrogen-bond acceptors (Lipinski definition) is 10. The first kappa shape index (κ1) is 43.9. The number of alkyl carbamates (subject to hydrolysis) is 1. The highest BCUT2D eigenvalue weighted by Crippen LogP contribution is 2.57. The van der Waals surface area contributed by atoms with Gasteiger partial charge in [-0.3, -0.25) is 19.5 Å². The summed E-state index contributed by atoms with van der Waals surface area (Å²) in [6.07, 6.45) is 14.2. The lowest BCUT2D eigenvalue weighted by atomic mass is 9.92. The molecule has 15 heteroatoms. The van der Waals surface area contributed by atoms with Crippen LogP contribution in [0.2, 0.25) is 0 Å². The van der Waals surface area contributed by atoms with Crippen LogP contribution in [0.4, 0.5) is 9.59 Å². The van der Waals surface area contributed by atoms with Gasteiger partial charge in [-0.1, -0.05) is 75.4 Å². The van der Waals surface area contributed by atoms with E-state index in [0.717, 1.165) is 84.2 Å². The lowest BCUT2D eigenvalue weighted by Gasteiger charge is -2.39. The maximum atomic E-state index is 14.3. The van der Waals surface area contributed by atoms with Crippen LogP contribution in [-0.2, 0) is 19.1 Å². The van der Waals surface area contributed by atoms with Gasteiger partial charge in [0.1, 0.15) is 23.7 Å². The number of carbonyl (C=O) groups is 4. The summed E-state index contributed by atoms with van der Waals surface area (Å²) in [4.78, 5) is 71.9. The first-order valence-corrected chi connectivity index (χ1v) is 23.7. The number of ether oxygens (including phenoxy) is 2. The first-order valence-electron chi connectivity index (χ1n) is 23.7. The number of nitrogens with zero attached hydrogens (tertiary/aromatic N) is 5. The molecule has 7 aliphatic rings. The van der Waals surface area contributed by atoms with Gasteiger partial charge in [0.2, 0.25) is 11.8 Å². The molecule has 0 radical (unpaired) electrons. The summed E-state index contributed by atoms with van der Waals surface area (Å²) in [6.45, 7) is 6.57. The van der Waals surface area contributed by atoms with Crippen LogP contribution in [0, 0.1) is 23.2 Å². The van der Waals surface area contributed by atoms with Gasteiger partial charge >= 0.3 is 12.2 Å². The number of methoxy groups -OCH3 is 2. The van der Waals surface area contributed by atoms with E-state index in [2.05, 4.69) is 83.2 Å². The number of amides is 4. The van der Waals surface area contributed by atoms with Gasteiger partial charge in [0.05, 0.1) is 49.8 Å². The monoisotopic (exact) mass is 898 g/mol. The summed E-state index contributed by atoms with van der Waals surface area (Å²) < 4.78 is 9.79. The smallest absolute Gasteiger partial charge is 0.409 e. The second-order valence-electron chi connectivity index (χ2n) is 20.3. The summed E-state index contributed by atoms with van der Waals surface area (Å²) in [5.74, 6) is 1.84. The molecular formula is C51H62N8O7. The van der Waals surface area contributed by atoms with Crippen molar-refractivity contribution in [3.05, 3.63) is 76.6 Å². The number of imidazole rings is 1. The lowest BCUT2D eigenvalue weighted by Crippen LogP contribution is -2.56. The van der Waals surface area contributed by atoms with E-state index in [1.165, 1.54) is 29.9 Å². The molecule has 348 valence electrons. The topological polar surface area (TPSA) is 182 Å². The van der Waals surface area contributed by atoms with Crippen LogP contribution < -0.4 is 21.1 Å². The third-order valence-corrected chi connectivity index (χ3v) is 15.9. The van der Waals surface area contributed by atoms with Crippen molar-refractivity contribution in [3.63, 3.8) is 0 Å². The number of rotatable bonds is 12. The molecule has 4 aliphatic carbocycles. The Bertz CT molecular complexity index is 2640. The number of likely N-dealkylation sites (tertiary alicyclic amines) is 2. The molecule has 5 fully saturated rings. The van der Waals surface area contributed by atoms with Crippen molar-refractivity contribution in [2.75, 3.05) is 34.4 Å². The molecule has 2 aromatic carbocycles. The lowest BCUT2D eigenvalue weighted by molar-refractivity contribution is -0.140. The number of aliphatic imine (C=N–C) groups is 1. The highest BCUT2D eigenvalue weighted by atomic mass is 16.5. The molecule has 2 bridgehead atoms. The van der Waals surface area contributed by atoms with Gasteiger partial charge in [-0.2, -0.15) is 0 Å². The summed E-state index contributed by atoms with van der Waals surface area (Å²) in [5, 5.41) is 18.6. The number of piperidine rings is 1. The Hall–Kier alpha value is -5.96. The average Bonchev–Trinajstić information content (AvgIpc) is 3.79. The molecule has 3 aromatic rings. The average molecular weight is 899 g/mol. The summed E-state index contributed by atoms with van der Waals surface area (Å²) in [7, 11) is 4.26. The van der Waals surface area contributed by atoms with Gasteiger partial charge in [-0.05, 0) is 107 Å². The largest absolute Gasteiger partial charge is 0.453 e. The zero-order valence-corrected chi connectivity index (χ0v) is 38.8. The molecule has 9 atom stereocenters. The molecule has 66 heavy (non-hydrogen) atoms. The third-order valence-electron chi connectivity index (χ3n) is 15.9. The number of amidine groups is 1. The molecule has 10 rings (SSSR count). The second kappa shape index (κ2) is 16.7. The van der Waals surface area contributed by atoms with Crippen LogP contribution in [0.3, 0.4) is 0 Å². The number of hydrogen-bond donors (Lipinski definition) is 4. The van der Waals surface area contributed by atoms with E-state index >= 15 is 0 Å². The Morgan fingerprint density at radius 1 is 0.970 bits per heavy atom.